The van der Waals surface area contributed by atoms with Crippen molar-refractivity contribution in [2.45, 2.75) is 37.9 Å². The topological polar surface area (TPSA) is 81.3 Å². The second-order valence-electron chi connectivity index (χ2n) is 6.95. The third-order valence-corrected chi connectivity index (χ3v) is 5.64. The first-order chi connectivity index (χ1) is 14.1. The van der Waals surface area contributed by atoms with E-state index < -0.39 is 17.6 Å². The number of carbonyl (C=O) groups excluding carboxylic acids is 1. The average Bonchev–Trinajstić information content (AvgIpc) is 3.00. The van der Waals surface area contributed by atoms with Crippen LogP contribution in [0, 0.1) is 0 Å². The van der Waals surface area contributed by atoms with Gasteiger partial charge in [-0.15, -0.1) is 5.10 Å². The van der Waals surface area contributed by atoms with Gasteiger partial charge in [0.25, 0.3) is 5.56 Å². The average molecular weight is 505 g/mol. The van der Waals surface area contributed by atoms with Crippen LogP contribution in [0.15, 0.2) is 33.8 Å². The van der Waals surface area contributed by atoms with Gasteiger partial charge in [-0.1, -0.05) is 18.0 Å². The molecule has 0 spiro atoms. The Kier molecular flexibility index (Phi) is 5.35. The number of aromatic nitrogens is 4. The van der Waals surface area contributed by atoms with Crippen molar-refractivity contribution in [2.75, 3.05) is 5.32 Å². The van der Waals surface area contributed by atoms with Crippen molar-refractivity contribution in [3.63, 3.8) is 0 Å². The van der Waals surface area contributed by atoms with E-state index in [0.717, 1.165) is 42.0 Å². The minimum absolute atomic E-state index is 0.0552. The molecule has 158 valence electrons. The van der Waals surface area contributed by atoms with Gasteiger partial charge in [-0.25, -0.2) is 0 Å². The van der Waals surface area contributed by atoms with Gasteiger partial charge in [0.1, 0.15) is 6.54 Å². The van der Waals surface area contributed by atoms with Gasteiger partial charge in [0, 0.05) is 11.8 Å². The van der Waals surface area contributed by atoms with Crippen LogP contribution in [0.2, 0.25) is 5.02 Å². The fourth-order valence-corrected chi connectivity index (χ4v) is 3.86. The smallest absolute Gasteiger partial charge is 0.323 e. The fraction of sp³-hybridized carbons (Fsp3) is 0.333. The maximum Gasteiger partial charge on any atom is 0.416 e. The Morgan fingerprint density at radius 3 is 2.63 bits per heavy atom. The first-order valence-electron chi connectivity index (χ1n) is 8.96. The molecule has 1 aliphatic rings. The van der Waals surface area contributed by atoms with Crippen molar-refractivity contribution in [3.05, 3.63) is 55.6 Å². The molecule has 12 heteroatoms. The fourth-order valence-electron chi connectivity index (χ4n) is 3.31. The molecular weight excluding hydrogens is 491 g/mol. The summed E-state index contributed by atoms with van der Waals surface area (Å²) in [6, 6.07) is 4.14. The number of anilines is 1. The molecule has 4 rings (SSSR count). The van der Waals surface area contributed by atoms with E-state index in [2.05, 4.69) is 31.3 Å². The standard InChI is InChI=1S/C18H14BrClF3N5O2/c19-16-25-17-27(13(9-2-1-3-9)7-15(30)28(17)26-16)8-14(29)24-12-5-4-10(6-11(12)20)18(21,22)23/h4-7,9H,1-3,8H2,(H,24,29). The van der Waals surface area contributed by atoms with E-state index in [0.29, 0.717) is 5.69 Å². The minimum atomic E-state index is -4.54. The highest BCUT2D eigenvalue weighted by Crippen LogP contribution is 2.36. The monoisotopic (exact) mass is 503 g/mol. The number of nitrogens with zero attached hydrogens (tertiary/aromatic N) is 4. The van der Waals surface area contributed by atoms with Crippen LogP contribution in [0.3, 0.4) is 0 Å². The number of rotatable bonds is 4. The predicted octanol–water partition coefficient (Wildman–Crippen LogP) is 4.23. The quantitative estimate of drug-likeness (QED) is 0.577. The summed E-state index contributed by atoms with van der Waals surface area (Å²) < 4.78 is 41.3. The zero-order valence-electron chi connectivity index (χ0n) is 15.2. The van der Waals surface area contributed by atoms with Gasteiger partial charge in [-0.3, -0.25) is 9.59 Å². The van der Waals surface area contributed by atoms with Gasteiger partial charge in [-0.2, -0.15) is 22.7 Å². The number of hydrogen-bond acceptors (Lipinski definition) is 4. The number of fused-ring (bicyclic) bond motifs is 1. The third kappa shape index (κ3) is 3.95. The van der Waals surface area contributed by atoms with Gasteiger partial charge >= 0.3 is 6.18 Å². The predicted molar refractivity (Wildman–Crippen MR) is 107 cm³/mol. The summed E-state index contributed by atoms with van der Waals surface area (Å²) in [5.74, 6) is -0.201. The zero-order valence-corrected chi connectivity index (χ0v) is 17.6. The number of benzene rings is 1. The summed E-state index contributed by atoms with van der Waals surface area (Å²) in [5.41, 5.74) is -0.535. The lowest BCUT2D eigenvalue weighted by atomic mass is 9.82. The SMILES string of the molecule is O=C(Cn1c(C2CCC2)cc(=O)n2nc(Br)nc12)Nc1ccc(C(F)(F)F)cc1Cl. The lowest BCUT2D eigenvalue weighted by Crippen LogP contribution is -2.29. The molecule has 2 heterocycles. The molecule has 1 saturated carbocycles. The molecule has 0 bridgehead atoms. The Labute approximate surface area is 181 Å². The number of hydrogen-bond donors (Lipinski definition) is 1. The zero-order chi connectivity index (χ0) is 21.6. The highest BCUT2D eigenvalue weighted by Gasteiger charge is 2.31. The maximum absolute atomic E-state index is 12.8. The molecule has 1 fully saturated rings. The van der Waals surface area contributed by atoms with Crippen LogP contribution in [-0.4, -0.2) is 25.1 Å². The highest BCUT2D eigenvalue weighted by molar-refractivity contribution is 9.10. The molecular formula is C18H14BrClF3N5O2. The van der Waals surface area contributed by atoms with Gasteiger partial charge < -0.3 is 9.88 Å². The normalized spacial score (nSPS) is 14.7. The van der Waals surface area contributed by atoms with Gasteiger partial charge in [-0.05, 0) is 52.9 Å². The Balaban J connectivity index is 1.65. The minimum Gasteiger partial charge on any atom is -0.323 e. The van der Waals surface area contributed by atoms with E-state index >= 15 is 0 Å². The highest BCUT2D eigenvalue weighted by atomic mass is 79.9. The van der Waals surface area contributed by atoms with Gasteiger partial charge in [0.15, 0.2) is 0 Å². The van der Waals surface area contributed by atoms with E-state index in [9.17, 15) is 22.8 Å². The Morgan fingerprint density at radius 2 is 2.03 bits per heavy atom. The van der Waals surface area contributed by atoms with Crippen molar-refractivity contribution in [2.24, 2.45) is 0 Å². The summed E-state index contributed by atoms with van der Waals surface area (Å²) in [7, 11) is 0. The summed E-state index contributed by atoms with van der Waals surface area (Å²) in [5, 5.41) is 6.28. The van der Waals surface area contributed by atoms with Crippen LogP contribution >= 0.6 is 27.5 Å². The molecule has 7 nitrogen and oxygen atoms in total. The largest absolute Gasteiger partial charge is 0.416 e. The Bertz CT molecular complexity index is 1200. The molecule has 1 aromatic carbocycles. The summed E-state index contributed by atoms with van der Waals surface area (Å²) in [6.07, 6.45) is -1.74. The van der Waals surface area contributed by atoms with Gasteiger partial charge in [0.2, 0.25) is 16.4 Å². The van der Waals surface area contributed by atoms with E-state index in [1.54, 1.807) is 4.57 Å². The van der Waals surface area contributed by atoms with Crippen molar-refractivity contribution in [1.82, 2.24) is 19.2 Å². The van der Waals surface area contributed by atoms with Crippen LogP contribution in [0.1, 0.15) is 36.4 Å². The molecule has 0 radical (unpaired) electrons. The lowest BCUT2D eigenvalue weighted by Gasteiger charge is -2.28. The lowest BCUT2D eigenvalue weighted by molar-refractivity contribution is -0.137. The van der Waals surface area contributed by atoms with E-state index in [1.165, 1.54) is 6.07 Å². The van der Waals surface area contributed by atoms with Crippen LogP contribution in [0.4, 0.5) is 18.9 Å². The van der Waals surface area contributed by atoms with Crippen LogP contribution in [-0.2, 0) is 17.5 Å². The summed E-state index contributed by atoms with van der Waals surface area (Å²) in [6.45, 7) is -0.210. The van der Waals surface area contributed by atoms with Crippen molar-refractivity contribution in [1.29, 1.82) is 0 Å². The number of carbonyl (C=O) groups is 1. The second-order valence-corrected chi connectivity index (χ2v) is 8.07. The van der Waals surface area contributed by atoms with Crippen LogP contribution < -0.4 is 10.9 Å². The number of halogens is 5. The molecule has 0 saturated heterocycles. The molecule has 3 aromatic rings. The molecule has 2 aromatic heterocycles. The first-order valence-corrected chi connectivity index (χ1v) is 10.1. The summed E-state index contributed by atoms with van der Waals surface area (Å²) >= 11 is 9.05. The molecule has 1 N–H and O–H groups in total. The molecule has 0 atom stereocenters. The number of nitrogens with one attached hydrogen (secondary N) is 1. The second kappa shape index (κ2) is 7.69. The molecule has 30 heavy (non-hydrogen) atoms. The number of alkyl halides is 3. The Hall–Kier alpha value is -2.40. The molecule has 1 aliphatic carbocycles. The van der Waals surface area contributed by atoms with E-state index in [1.807, 2.05) is 0 Å². The third-order valence-electron chi connectivity index (χ3n) is 4.99. The van der Waals surface area contributed by atoms with Crippen molar-refractivity contribution in [3.8, 4) is 0 Å². The molecule has 0 aliphatic heterocycles. The van der Waals surface area contributed by atoms with Gasteiger partial charge in [0.05, 0.1) is 16.3 Å². The van der Waals surface area contributed by atoms with E-state index in [4.69, 9.17) is 11.6 Å². The van der Waals surface area contributed by atoms with Crippen LogP contribution in [0.25, 0.3) is 5.78 Å². The molecule has 0 unspecified atom stereocenters. The van der Waals surface area contributed by atoms with E-state index in [-0.39, 0.29) is 39.2 Å². The first kappa shape index (κ1) is 20.9. The summed E-state index contributed by atoms with van der Waals surface area (Å²) in [4.78, 5) is 29.2. The number of amides is 1. The van der Waals surface area contributed by atoms with Crippen molar-refractivity contribution < 1.29 is 18.0 Å². The molecule has 1 amide bonds. The van der Waals surface area contributed by atoms with Crippen LogP contribution in [0.5, 0.6) is 0 Å². The maximum atomic E-state index is 12.8. The Morgan fingerprint density at radius 1 is 1.30 bits per heavy atom. The van der Waals surface area contributed by atoms with Crippen molar-refractivity contribution >= 4 is 44.9 Å².